The summed E-state index contributed by atoms with van der Waals surface area (Å²) in [4.78, 5) is 16.4. The van der Waals surface area contributed by atoms with Crippen LogP contribution >= 0.6 is 11.6 Å². The number of carbonyl (C=O) groups excluding carboxylic acids is 1. The standard InChI is InChI=1S/C16H15ClN4O2/c1-9-13(7-19-21-9)16(22)18-8-14-20-10(2)15(23-14)11-3-5-12(17)6-4-11/h3-7H,8H2,1-2H3,(H,18,22)(H,19,21). The summed E-state index contributed by atoms with van der Waals surface area (Å²) in [6.07, 6.45) is 1.49. The first kappa shape index (κ1) is 15.3. The van der Waals surface area contributed by atoms with Crippen LogP contribution in [-0.2, 0) is 6.54 Å². The zero-order chi connectivity index (χ0) is 16.4. The zero-order valence-electron chi connectivity index (χ0n) is 12.7. The van der Waals surface area contributed by atoms with Crippen molar-refractivity contribution in [3.05, 3.63) is 58.3 Å². The molecule has 0 atom stereocenters. The molecule has 0 radical (unpaired) electrons. The zero-order valence-corrected chi connectivity index (χ0v) is 13.4. The van der Waals surface area contributed by atoms with Crippen LogP contribution in [-0.4, -0.2) is 21.1 Å². The van der Waals surface area contributed by atoms with Crippen molar-refractivity contribution in [3.8, 4) is 11.3 Å². The number of halogens is 1. The van der Waals surface area contributed by atoms with Crippen molar-refractivity contribution in [2.24, 2.45) is 0 Å². The van der Waals surface area contributed by atoms with Gasteiger partial charge in [-0.15, -0.1) is 0 Å². The van der Waals surface area contributed by atoms with Gasteiger partial charge in [0.2, 0.25) is 5.89 Å². The number of rotatable bonds is 4. The maximum atomic E-state index is 12.0. The maximum Gasteiger partial charge on any atom is 0.255 e. The third-order valence-electron chi connectivity index (χ3n) is 3.42. The lowest BCUT2D eigenvalue weighted by molar-refractivity contribution is 0.0947. The first-order valence-electron chi connectivity index (χ1n) is 7.05. The molecule has 0 aliphatic heterocycles. The number of hydrogen-bond acceptors (Lipinski definition) is 4. The number of hydrogen-bond donors (Lipinski definition) is 2. The molecule has 0 saturated heterocycles. The molecule has 2 N–H and O–H groups in total. The van der Waals surface area contributed by atoms with E-state index < -0.39 is 0 Å². The van der Waals surface area contributed by atoms with Gasteiger partial charge in [0.15, 0.2) is 5.76 Å². The Morgan fingerprint density at radius 3 is 2.70 bits per heavy atom. The summed E-state index contributed by atoms with van der Waals surface area (Å²) in [5.41, 5.74) is 2.87. The van der Waals surface area contributed by atoms with Crippen molar-refractivity contribution in [3.63, 3.8) is 0 Å². The fourth-order valence-electron chi connectivity index (χ4n) is 2.23. The van der Waals surface area contributed by atoms with Crippen molar-refractivity contribution in [1.82, 2.24) is 20.5 Å². The number of amides is 1. The van der Waals surface area contributed by atoms with E-state index in [-0.39, 0.29) is 12.5 Å². The maximum absolute atomic E-state index is 12.0. The minimum absolute atomic E-state index is 0.206. The highest BCUT2D eigenvalue weighted by Crippen LogP contribution is 2.25. The first-order valence-corrected chi connectivity index (χ1v) is 7.43. The molecule has 3 aromatic rings. The molecule has 1 aromatic carbocycles. The summed E-state index contributed by atoms with van der Waals surface area (Å²) in [7, 11) is 0. The molecule has 1 amide bonds. The molecule has 0 bridgehead atoms. The van der Waals surface area contributed by atoms with E-state index in [0.717, 1.165) is 11.3 Å². The lowest BCUT2D eigenvalue weighted by atomic mass is 10.1. The number of carbonyl (C=O) groups is 1. The Bertz CT molecular complexity index is 836. The minimum atomic E-state index is -0.222. The van der Waals surface area contributed by atoms with E-state index in [1.807, 2.05) is 19.1 Å². The largest absolute Gasteiger partial charge is 0.438 e. The predicted molar refractivity (Wildman–Crippen MR) is 86.2 cm³/mol. The van der Waals surface area contributed by atoms with Crippen LogP contribution in [0.2, 0.25) is 5.02 Å². The molecule has 0 fully saturated rings. The molecule has 6 nitrogen and oxygen atoms in total. The number of nitrogens with one attached hydrogen (secondary N) is 2. The molecular weight excluding hydrogens is 316 g/mol. The Balaban J connectivity index is 1.72. The van der Waals surface area contributed by atoms with Crippen molar-refractivity contribution in [1.29, 1.82) is 0 Å². The molecule has 0 spiro atoms. The van der Waals surface area contributed by atoms with Crippen LogP contribution in [0.3, 0.4) is 0 Å². The third-order valence-corrected chi connectivity index (χ3v) is 3.67. The second-order valence-electron chi connectivity index (χ2n) is 5.12. The number of aromatic amines is 1. The third kappa shape index (κ3) is 3.27. The molecule has 0 aliphatic carbocycles. The lowest BCUT2D eigenvalue weighted by Crippen LogP contribution is -2.23. The van der Waals surface area contributed by atoms with Crippen molar-refractivity contribution in [2.75, 3.05) is 0 Å². The van der Waals surface area contributed by atoms with E-state index in [9.17, 15) is 4.79 Å². The van der Waals surface area contributed by atoms with Gasteiger partial charge in [-0.1, -0.05) is 11.6 Å². The first-order chi connectivity index (χ1) is 11.0. The number of H-pyrrole nitrogens is 1. The van der Waals surface area contributed by atoms with Crippen molar-refractivity contribution < 1.29 is 9.21 Å². The Morgan fingerprint density at radius 1 is 1.30 bits per heavy atom. The van der Waals surface area contributed by atoms with Crippen LogP contribution in [0.25, 0.3) is 11.3 Å². The smallest absolute Gasteiger partial charge is 0.255 e. The summed E-state index contributed by atoms with van der Waals surface area (Å²) in [6, 6.07) is 7.32. The number of benzene rings is 1. The Hall–Kier alpha value is -2.60. The summed E-state index contributed by atoms with van der Waals surface area (Å²) in [5, 5.41) is 9.98. The SMILES string of the molecule is Cc1nc(CNC(=O)c2cn[nH]c2C)oc1-c1ccc(Cl)cc1. The van der Waals surface area contributed by atoms with Crippen LogP contribution in [0.1, 0.15) is 27.6 Å². The average Bonchev–Trinajstić information content (AvgIpc) is 3.12. The van der Waals surface area contributed by atoms with E-state index in [2.05, 4.69) is 20.5 Å². The van der Waals surface area contributed by atoms with Crippen molar-refractivity contribution in [2.45, 2.75) is 20.4 Å². The molecule has 2 heterocycles. The molecule has 0 unspecified atom stereocenters. The normalized spacial score (nSPS) is 10.7. The highest BCUT2D eigenvalue weighted by atomic mass is 35.5. The topological polar surface area (TPSA) is 83.8 Å². The number of nitrogens with zero attached hydrogens (tertiary/aromatic N) is 2. The van der Waals surface area contributed by atoms with E-state index in [1.165, 1.54) is 6.20 Å². The second-order valence-corrected chi connectivity index (χ2v) is 5.56. The number of aryl methyl sites for hydroxylation is 2. The van der Waals surface area contributed by atoms with E-state index in [4.69, 9.17) is 16.0 Å². The van der Waals surface area contributed by atoms with Gasteiger partial charge in [-0.2, -0.15) is 5.10 Å². The molecule has 118 valence electrons. The highest BCUT2D eigenvalue weighted by Gasteiger charge is 2.14. The second kappa shape index (κ2) is 6.26. The van der Waals surface area contributed by atoms with E-state index in [1.54, 1.807) is 19.1 Å². The fraction of sp³-hybridized carbons (Fsp3) is 0.188. The van der Waals surface area contributed by atoms with Crippen LogP contribution in [0.5, 0.6) is 0 Å². The van der Waals surface area contributed by atoms with Crippen molar-refractivity contribution >= 4 is 17.5 Å². The van der Waals surface area contributed by atoms with Gasteiger partial charge in [0.25, 0.3) is 5.91 Å². The predicted octanol–water partition coefficient (Wildman–Crippen LogP) is 3.26. The number of aromatic nitrogens is 3. The van der Waals surface area contributed by atoms with Gasteiger partial charge in [0, 0.05) is 16.3 Å². The highest BCUT2D eigenvalue weighted by molar-refractivity contribution is 6.30. The van der Waals surface area contributed by atoms with Gasteiger partial charge in [0.05, 0.1) is 24.0 Å². The average molecular weight is 331 g/mol. The Labute approximate surface area is 137 Å². The quantitative estimate of drug-likeness (QED) is 0.769. The van der Waals surface area contributed by atoms with Crippen LogP contribution < -0.4 is 5.32 Å². The Morgan fingerprint density at radius 2 is 2.04 bits per heavy atom. The van der Waals surface area contributed by atoms with Crippen LogP contribution in [0.15, 0.2) is 34.9 Å². The minimum Gasteiger partial charge on any atom is -0.438 e. The molecule has 2 aromatic heterocycles. The monoisotopic (exact) mass is 330 g/mol. The van der Waals surface area contributed by atoms with Gasteiger partial charge in [0.1, 0.15) is 0 Å². The van der Waals surface area contributed by atoms with Crippen LogP contribution in [0, 0.1) is 13.8 Å². The van der Waals surface area contributed by atoms with Gasteiger partial charge in [-0.05, 0) is 38.1 Å². The molecule has 0 aliphatic rings. The summed E-state index contributed by atoms with van der Waals surface area (Å²) in [6.45, 7) is 3.85. The van der Waals surface area contributed by atoms with Gasteiger partial charge >= 0.3 is 0 Å². The van der Waals surface area contributed by atoms with E-state index >= 15 is 0 Å². The lowest BCUT2D eigenvalue weighted by Gasteiger charge is -2.01. The van der Waals surface area contributed by atoms with Crippen LogP contribution in [0.4, 0.5) is 0 Å². The summed E-state index contributed by atoms with van der Waals surface area (Å²) in [5.74, 6) is 0.896. The van der Waals surface area contributed by atoms with Gasteiger partial charge in [-0.25, -0.2) is 4.98 Å². The van der Waals surface area contributed by atoms with E-state index in [0.29, 0.717) is 27.9 Å². The fourth-order valence-corrected chi connectivity index (χ4v) is 2.35. The summed E-state index contributed by atoms with van der Waals surface area (Å²) < 4.78 is 5.75. The van der Waals surface area contributed by atoms with Gasteiger partial charge < -0.3 is 9.73 Å². The molecule has 7 heteroatoms. The Kier molecular flexibility index (Phi) is 4.16. The number of oxazole rings is 1. The van der Waals surface area contributed by atoms with Gasteiger partial charge in [-0.3, -0.25) is 9.89 Å². The summed E-state index contributed by atoms with van der Waals surface area (Å²) >= 11 is 5.89. The molecule has 23 heavy (non-hydrogen) atoms. The molecule has 3 rings (SSSR count). The molecular formula is C16H15ClN4O2. The molecule has 0 saturated carbocycles.